The average Bonchev–Trinajstić information content (AvgIpc) is 2.67. The van der Waals surface area contributed by atoms with Crippen molar-refractivity contribution in [3.63, 3.8) is 0 Å². The number of benzene rings is 1. The average molecular weight is 223 g/mol. The zero-order valence-corrected chi connectivity index (χ0v) is 9.74. The van der Waals surface area contributed by atoms with Gasteiger partial charge in [-0.15, -0.1) is 0 Å². The third kappa shape index (κ3) is 2.11. The molecule has 2 N–H and O–H groups in total. The van der Waals surface area contributed by atoms with Crippen molar-refractivity contribution in [3.8, 4) is 0 Å². The molecule has 2 rings (SSSR count). The minimum Gasteiger partial charge on any atom is -0.376 e. The van der Waals surface area contributed by atoms with Gasteiger partial charge in [-0.1, -0.05) is 13.0 Å². The first-order valence-corrected chi connectivity index (χ1v) is 5.73. The number of ether oxygens (including phenoxy) is 1. The summed E-state index contributed by atoms with van der Waals surface area (Å²) in [7, 11) is 0. The van der Waals surface area contributed by atoms with Crippen LogP contribution < -0.4 is 5.73 Å². The van der Waals surface area contributed by atoms with Crippen molar-refractivity contribution in [2.24, 2.45) is 11.7 Å². The van der Waals surface area contributed by atoms with Crippen LogP contribution in [0.25, 0.3) is 0 Å². The fourth-order valence-corrected chi connectivity index (χ4v) is 2.32. The van der Waals surface area contributed by atoms with Crippen LogP contribution in [-0.2, 0) is 4.74 Å². The minimum atomic E-state index is -0.235. The maximum Gasteiger partial charge on any atom is 0.123 e. The lowest BCUT2D eigenvalue weighted by atomic mass is 9.91. The molecule has 1 aliphatic rings. The number of hydrogen-bond acceptors (Lipinski definition) is 2. The van der Waals surface area contributed by atoms with Crippen LogP contribution in [0, 0.1) is 18.7 Å². The number of nitrogens with two attached hydrogens (primary N) is 1. The van der Waals surface area contributed by atoms with Gasteiger partial charge in [-0.2, -0.15) is 0 Å². The second-order valence-corrected chi connectivity index (χ2v) is 4.63. The Morgan fingerprint density at radius 3 is 2.88 bits per heavy atom. The molecule has 2 nitrogen and oxygen atoms in total. The number of hydrogen-bond donors (Lipinski definition) is 1. The van der Waals surface area contributed by atoms with Crippen LogP contribution in [0.4, 0.5) is 4.39 Å². The van der Waals surface area contributed by atoms with Gasteiger partial charge in [0.25, 0.3) is 0 Å². The smallest absolute Gasteiger partial charge is 0.123 e. The fourth-order valence-electron chi connectivity index (χ4n) is 2.32. The Morgan fingerprint density at radius 2 is 2.25 bits per heavy atom. The molecule has 1 fully saturated rings. The molecule has 0 radical (unpaired) electrons. The molecule has 1 saturated heterocycles. The Morgan fingerprint density at radius 1 is 1.50 bits per heavy atom. The Balaban J connectivity index is 2.25. The van der Waals surface area contributed by atoms with Gasteiger partial charge in [0.2, 0.25) is 0 Å². The summed E-state index contributed by atoms with van der Waals surface area (Å²) in [5.41, 5.74) is 8.05. The molecule has 0 aromatic heterocycles. The summed E-state index contributed by atoms with van der Waals surface area (Å²) < 4.78 is 18.8. The normalized spacial score (nSPS) is 27.0. The number of aryl methyl sites for hydroxylation is 1. The molecule has 88 valence electrons. The van der Waals surface area contributed by atoms with Gasteiger partial charge in [-0.3, -0.25) is 0 Å². The third-order valence-electron chi connectivity index (χ3n) is 3.40. The van der Waals surface area contributed by atoms with Crippen molar-refractivity contribution in [1.29, 1.82) is 0 Å². The molecule has 3 atom stereocenters. The Labute approximate surface area is 95.6 Å². The van der Waals surface area contributed by atoms with E-state index in [1.807, 2.05) is 6.92 Å². The van der Waals surface area contributed by atoms with Crippen LogP contribution >= 0.6 is 0 Å². The maximum atomic E-state index is 13.2. The van der Waals surface area contributed by atoms with Crippen molar-refractivity contribution < 1.29 is 9.13 Å². The standard InChI is InChI=1S/C13H18FNO/c1-8-3-4-10(14)7-11(8)12(15)13-9(2)5-6-16-13/h3-4,7,9,12-13H,5-6,15H2,1-2H3. The maximum absolute atomic E-state index is 13.2. The summed E-state index contributed by atoms with van der Waals surface area (Å²) in [6, 6.07) is 4.52. The van der Waals surface area contributed by atoms with Crippen LogP contribution in [0.15, 0.2) is 18.2 Å². The Kier molecular flexibility index (Phi) is 3.26. The van der Waals surface area contributed by atoms with Gasteiger partial charge in [0.05, 0.1) is 12.1 Å². The highest BCUT2D eigenvalue weighted by Crippen LogP contribution is 2.31. The summed E-state index contributed by atoms with van der Waals surface area (Å²) >= 11 is 0. The first-order chi connectivity index (χ1) is 7.59. The van der Waals surface area contributed by atoms with Crippen LogP contribution in [0.5, 0.6) is 0 Å². The molecule has 0 saturated carbocycles. The molecular weight excluding hydrogens is 205 g/mol. The van der Waals surface area contributed by atoms with E-state index in [1.165, 1.54) is 12.1 Å². The lowest BCUT2D eigenvalue weighted by Crippen LogP contribution is -2.30. The molecule has 0 spiro atoms. The van der Waals surface area contributed by atoms with Gasteiger partial charge >= 0.3 is 0 Å². The van der Waals surface area contributed by atoms with E-state index in [2.05, 4.69) is 6.92 Å². The molecule has 0 bridgehead atoms. The molecule has 0 amide bonds. The first kappa shape index (κ1) is 11.6. The summed E-state index contributed by atoms with van der Waals surface area (Å²) in [6.45, 7) is 4.84. The van der Waals surface area contributed by atoms with Gasteiger partial charge in [0.15, 0.2) is 0 Å². The van der Waals surface area contributed by atoms with Crippen molar-refractivity contribution in [2.45, 2.75) is 32.4 Å². The molecule has 0 aliphatic carbocycles. The molecule has 1 aromatic carbocycles. The number of halogens is 1. The first-order valence-electron chi connectivity index (χ1n) is 5.73. The summed E-state index contributed by atoms with van der Waals surface area (Å²) in [4.78, 5) is 0. The third-order valence-corrected chi connectivity index (χ3v) is 3.40. The van der Waals surface area contributed by atoms with E-state index in [-0.39, 0.29) is 18.0 Å². The summed E-state index contributed by atoms with van der Waals surface area (Å²) in [5, 5.41) is 0. The van der Waals surface area contributed by atoms with Crippen molar-refractivity contribution in [1.82, 2.24) is 0 Å². The molecular formula is C13H18FNO. The topological polar surface area (TPSA) is 35.2 Å². The largest absolute Gasteiger partial charge is 0.376 e. The highest BCUT2D eigenvalue weighted by Gasteiger charge is 2.31. The van der Waals surface area contributed by atoms with Gasteiger partial charge in [-0.25, -0.2) is 4.39 Å². The van der Waals surface area contributed by atoms with Crippen molar-refractivity contribution in [2.75, 3.05) is 6.61 Å². The van der Waals surface area contributed by atoms with E-state index in [4.69, 9.17) is 10.5 Å². The molecule has 3 unspecified atom stereocenters. The van der Waals surface area contributed by atoms with E-state index in [0.717, 1.165) is 24.2 Å². The van der Waals surface area contributed by atoms with E-state index in [9.17, 15) is 4.39 Å². The van der Waals surface area contributed by atoms with Gasteiger partial charge in [0, 0.05) is 6.61 Å². The zero-order valence-electron chi connectivity index (χ0n) is 9.74. The highest BCUT2D eigenvalue weighted by atomic mass is 19.1. The lowest BCUT2D eigenvalue weighted by molar-refractivity contribution is 0.0722. The van der Waals surface area contributed by atoms with Crippen molar-refractivity contribution >= 4 is 0 Å². The molecule has 16 heavy (non-hydrogen) atoms. The van der Waals surface area contributed by atoms with Gasteiger partial charge < -0.3 is 10.5 Å². The summed E-state index contributed by atoms with van der Waals surface area (Å²) in [6.07, 6.45) is 1.05. The van der Waals surface area contributed by atoms with Crippen LogP contribution in [0.2, 0.25) is 0 Å². The second kappa shape index (κ2) is 4.52. The van der Waals surface area contributed by atoms with Crippen LogP contribution in [0.1, 0.15) is 30.5 Å². The molecule has 1 aliphatic heterocycles. The SMILES string of the molecule is Cc1ccc(F)cc1C(N)C1OCCC1C. The fraction of sp³-hybridized carbons (Fsp3) is 0.538. The highest BCUT2D eigenvalue weighted by molar-refractivity contribution is 5.30. The molecule has 1 heterocycles. The predicted molar refractivity (Wildman–Crippen MR) is 61.6 cm³/mol. The second-order valence-electron chi connectivity index (χ2n) is 4.63. The molecule has 3 heteroatoms. The van der Waals surface area contributed by atoms with Crippen molar-refractivity contribution in [3.05, 3.63) is 35.1 Å². The van der Waals surface area contributed by atoms with Crippen LogP contribution in [0.3, 0.4) is 0 Å². The number of rotatable bonds is 2. The lowest BCUT2D eigenvalue weighted by Gasteiger charge is -2.24. The zero-order chi connectivity index (χ0) is 11.7. The van der Waals surface area contributed by atoms with E-state index < -0.39 is 0 Å². The van der Waals surface area contributed by atoms with Gasteiger partial charge in [0.1, 0.15) is 5.82 Å². The van der Waals surface area contributed by atoms with E-state index in [0.29, 0.717) is 5.92 Å². The predicted octanol–water partition coefficient (Wildman–Crippen LogP) is 2.56. The van der Waals surface area contributed by atoms with Crippen LogP contribution in [-0.4, -0.2) is 12.7 Å². The monoisotopic (exact) mass is 223 g/mol. The Bertz CT molecular complexity index is 380. The van der Waals surface area contributed by atoms with E-state index >= 15 is 0 Å². The molecule has 1 aromatic rings. The van der Waals surface area contributed by atoms with Gasteiger partial charge in [-0.05, 0) is 42.5 Å². The summed E-state index contributed by atoms with van der Waals surface area (Å²) in [5.74, 6) is 0.208. The minimum absolute atomic E-state index is 0.0144. The quantitative estimate of drug-likeness (QED) is 0.836. The Hall–Kier alpha value is -0.930. The van der Waals surface area contributed by atoms with E-state index in [1.54, 1.807) is 6.07 Å².